The number of ether oxygens (including phenoxy) is 1. The van der Waals surface area contributed by atoms with Crippen LogP contribution >= 0.6 is 0 Å². The zero-order valence-corrected chi connectivity index (χ0v) is 9.94. The number of aliphatic hydroxyl groups excluding tert-OH is 1. The third-order valence-corrected chi connectivity index (χ3v) is 4.60. The molecule has 0 saturated carbocycles. The van der Waals surface area contributed by atoms with Gasteiger partial charge < -0.3 is 15.6 Å². The van der Waals surface area contributed by atoms with Crippen LogP contribution in [0.3, 0.4) is 0 Å². The van der Waals surface area contributed by atoms with Gasteiger partial charge in [-0.1, -0.05) is 0 Å². The summed E-state index contributed by atoms with van der Waals surface area (Å²) < 4.78 is 26.8. The van der Waals surface area contributed by atoms with Gasteiger partial charge in [0.15, 0.2) is 9.84 Å². The molecule has 0 aliphatic carbocycles. The molecule has 3 atom stereocenters. The molecule has 6 nitrogen and oxygen atoms in total. The van der Waals surface area contributed by atoms with Crippen molar-refractivity contribution in [2.45, 2.75) is 25.0 Å². The Morgan fingerprint density at radius 3 is 2.69 bits per heavy atom. The molecule has 0 aromatic heterocycles. The Hall–Kier alpha value is -0.660. The highest BCUT2D eigenvalue weighted by Crippen LogP contribution is 2.23. The minimum Gasteiger partial charge on any atom is -0.468 e. The molecule has 0 aromatic carbocycles. The van der Waals surface area contributed by atoms with Crippen molar-refractivity contribution in [2.24, 2.45) is 11.7 Å². The number of carbonyl (C=O) groups excluding carboxylic acids is 1. The average Bonchev–Trinajstić information content (AvgIpc) is 2.57. The van der Waals surface area contributed by atoms with E-state index in [1.165, 1.54) is 7.11 Å². The standard InChI is InChI=1S/C9H17NO5S/c1-15-9(12)7(10)4-8(11)6-2-3-16(13,14)5-6/h6-8,11H,2-5,10H2,1H3. The molecule has 0 aromatic rings. The first-order valence-corrected chi connectivity index (χ1v) is 6.90. The van der Waals surface area contributed by atoms with E-state index in [1.54, 1.807) is 0 Å². The fraction of sp³-hybridized carbons (Fsp3) is 0.889. The highest BCUT2D eigenvalue weighted by atomic mass is 32.2. The molecular weight excluding hydrogens is 234 g/mol. The van der Waals surface area contributed by atoms with Gasteiger partial charge in [-0.3, -0.25) is 4.79 Å². The minimum atomic E-state index is -3.02. The van der Waals surface area contributed by atoms with Gasteiger partial charge in [0.25, 0.3) is 0 Å². The van der Waals surface area contributed by atoms with Crippen molar-refractivity contribution in [2.75, 3.05) is 18.6 Å². The number of methoxy groups -OCH3 is 1. The molecule has 3 N–H and O–H groups in total. The van der Waals surface area contributed by atoms with Gasteiger partial charge in [-0.2, -0.15) is 0 Å². The quantitative estimate of drug-likeness (QED) is 0.600. The lowest BCUT2D eigenvalue weighted by Gasteiger charge is -2.19. The van der Waals surface area contributed by atoms with Gasteiger partial charge in [-0.25, -0.2) is 8.42 Å². The van der Waals surface area contributed by atoms with Crippen molar-refractivity contribution in [3.8, 4) is 0 Å². The highest BCUT2D eigenvalue weighted by Gasteiger charge is 2.34. The lowest BCUT2D eigenvalue weighted by Crippen LogP contribution is -2.37. The molecule has 1 saturated heterocycles. The van der Waals surface area contributed by atoms with E-state index in [0.29, 0.717) is 6.42 Å². The zero-order chi connectivity index (χ0) is 12.3. The fourth-order valence-electron chi connectivity index (χ4n) is 1.83. The van der Waals surface area contributed by atoms with Crippen molar-refractivity contribution in [1.82, 2.24) is 0 Å². The van der Waals surface area contributed by atoms with E-state index in [-0.39, 0.29) is 23.8 Å². The first-order chi connectivity index (χ1) is 7.35. The summed E-state index contributed by atoms with van der Waals surface area (Å²) in [6.45, 7) is 0. The molecule has 1 fully saturated rings. The van der Waals surface area contributed by atoms with Crippen LogP contribution in [-0.2, 0) is 19.4 Å². The number of esters is 1. The highest BCUT2D eigenvalue weighted by molar-refractivity contribution is 7.91. The Morgan fingerprint density at radius 1 is 1.62 bits per heavy atom. The molecule has 1 rings (SSSR count). The summed E-state index contributed by atoms with van der Waals surface area (Å²) in [4.78, 5) is 11.0. The van der Waals surface area contributed by atoms with E-state index >= 15 is 0 Å². The second-order valence-electron chi connectivity index (χ2n) is 4.10. The Labute approximate surface area is 94.7 Å². The van der Waals surface area contributed by atoms with Crippen LogP contribution in [-0.4, -0.2) is 50.3 Å². The van der Waals surface area contributed by atoms with Crippen LogP contribution in [0, 0.1) is 5.92 Å². The Kier molecular flexibility index (Phi) is 4.28. The molecule has 0 bridgehead atoms. The Balaban J connectivity index is 2.47. The maximum Gasteiger partial charge on any atom is 0.322 e. The first-order valence-electron chi connectivity index (χ1n) is 5.07. The van der Waals surface area contributed by atoms with Crippen LogP contribution in [0.5, 0.6) is 0 Å². The summed E-state index contributed by atoms with van der Waals surface area (Å²) in [5.74, 6) is -0.842. The summed E-state index contributed by atoms with van der Waals surface area (Å²) in [5, 5.41) is 9.74. The van der Waals surface area contributed by atoms with Crippen molar-refractivity contribution in [3.63, 3.8) is 0 Å². The van der Waals surface area contributed by atoms with E-state index < -0.39 is 28.0 Å². The molecule has 0 amide bonds. The summed E-state index contributed by atoms with van der Waals surface area (Å²) in [7, 11) is -1.80. The normalized spacial score (nSPS) is 27.3. The average molecular weight is 251 g/mol. The summed E-state index contributed by atoms with van der Waals surface area (Å²) in [6.07, 6.45) is -0.407. The minimum absolute atomic E-state index is 0.0257. The molecule has 1 aliphatic heterocycles. The molecule has 0 radical (unpaired) electrons. The van der Waals surface area contributed by atoms with Crippen LogP contribution in [0.25, 0.3) is 0 Å². The third kappa shape index (κ3) is 3.43. The lowest BCUT2D eigenvalue weighted by atomic mass is 9.96. The zero-order valence-electron chi connectivity index (χ0n) is 9.13. The number of carbonyl (C=O) groups is 1. The third-order valence-electron chi connectivity index (χ3n) is 2.81. The van der Waals surface area contributed by atoms with Crippen LogP contribution in [0.2, 0.25) is 0 Å². The lowest BCUT2D eigenvalue weighted by molar-refractivity contribution is -0.143. The van der Waals surface area contributed by atoms with Gasteiger partial charge in [0.2, 0.25) is 0 Å². The molecule has 1 heterocycles. The van der Waals surface area contributed by atoms with Crippen molar-refractivity contribution in [3.05, 3.63) is 0 Å². The van der Waals surface area contributed by atoms with Crippen LogP contribution in [0.15, 0.2) is 0 Å². The van der Waals surface area contributed by atoms with Crippen LogP contribution in [0.4, 0.5) is 0 Å². The van der Waals surface area contributed by atoms with E-state index in [0.717, 1.165) is 0 Å². The van der Waals surface area contributed by atoms with Gasteiger partial charge in [0.1, 0.15) is 6.04 Å². The molecule has 16 heavy (non-hydrogen) atoms. The summed E-state index contributed by atoms with van der Waals surface area (Å²) >= 11 is 0. The Bertz CT molecular complexity index is 353. The van der Waals surface area contributed by atoms with E-state index in [1.807, 2.05) is 0 Å². The topological polar surface area (TPSA) is 107 Å². The van der Waals surface area contributed by atoms with Gasteiger partial charge >= 0.3 is 5.97 Å². The Morgan fingerprint density at radius 2 is 2.25 bits per heavy atom. The molecular formula is C9H17NO5S. The van der Waals surface area contributed by atoms with Crippen LogP contribution in [0.1, 0.15) is 12.8 Å². The number of hydrogen-bond acceptors (Lipinski definition) is 6. The maximum atomic E-state index is 11.2. The number of sulfone groups is 1. The number of aliphatic hydroxyl groups is 1. The van der Waals surface area contributed by atoms with Gasteiger partial charge in [-0.05, 0) is 18.8 Å². The molecule has 1 aliphatic rings. The first kappa shape index (κ1) is 13.4. The number of hydrogen-bond donors (Lipinski definition) is 2. The van der Waals surface area contributed by atoms with Crippen LogP contribution < -0.4 is 5.73 Å². The smallest absolute Gasteiger partial charge is 0.322 e. The number of nitrogens with two attached hydrogens (primary N) is 1. The fourth-order valence-corrected chi connectivity index (χ4v) is 3.70. The van der Waals surface area contributed by atoms with E-state index in [9.17, 15) is 18.3 Å². The SMILES string of the molecule is COC(=O)C(N)CC(O)C1CCS(=O)(=O)C1. The van der Waals surface area contributed by atoms with Gasteiger partial charge in [0, 0.05) is 0 Å². The van der Waals surface area contributed by atoms with Crippen molar-refractivity contribution >= 4 is 15.8 Å². The van der Waals surface area contributed by atoms with Gasteiger partial charge in [-0.15, -0.1) is 0 Å². The van der Waals surface area contributed by atoms with E-state index in [4.69, 9.17) is 5.73 Å². The maximum absolute atomic E-state index is 11.2. The predicted octanol–water partition coefficient (Wildman–Crippen LogP) is -1.33. The monoisotopic (exact) mass is 251 g/mol. The van der Waals surface area contributed by atoms with Gasteiger partial charge in [0.05, 0.1) is 24.7 Å². The van der Waals surface area contributed by atoms with Crippen molar-refractivity contribution in [1.29, 1.82) is 0 Å². The number of rotatable bonds is 4. The summed E-state index contributed by atoms with van der Waals surface area (Å²) in [6, 6.07) is -0.900. The second kappa shape index (κ2) is 5.11. The second-order valence-corrected chi connectivity index (χ2v) is 6.32. The van der Waals surface area contributed by atoms with E-state index in [2.05, 4.69) is 4.74 Å². The largest absolute Gasteiger partial charge is 0.468 e. The molecule has 0 spiro atoms. The molecule has 7 heteroatoms. The summed E-state index contributed by atoms with van der Waals surface area (Å²) in [5.41, 5.74) is 5.48. The predicted molar refractivity (Wildman–Crippen MR) is 57.4 cm³/mol. The molecule has 94 valence electrons. The molecule has 3 unspecified atom stereocenters. The van der Waals surface area contributed by atoms with Crippen molar-refractivity contribution < 1.29 is 23.1 Å².